The molecule has 0 aliphatic carbocycles. The molecule has 2 aromatic heterocycles. The predicted octanol–water partition coefficient (Wildman–Crippen LogP) is 1.15. The van der Waals surface area contributed by atoms with E-state index in [1.54, 1.807) is 32.2 Å². The molecule has 6 nitrogen and oxygen atoms in total. The molecular formula is C11H14N4O2S. The van der Waals surface area contributed by atoms with Gasteiger partial charge in [-0.25, -0.2) is 13.1 Å². The Morgan fingerprint density at radius 2 is 2.17 bits per heavy atom. The van der Waals surface area contributed by atoms with Gasteiger partial charge < -0.3 is 0 Å². The summed E-state index contributed by atoms with van der Waals surface area (Å²) in [5, 5.41) is 6.31. The molecule has 2 N–H and O–H groups in total. The number of aromatic amines is 1. The van der Waals surface area contributed by atoms with Gasteiger partial charge >= 0.3 is 0 Å². The Bertz CT molecular complexity index is 622. The molecule has 2 rings (SSSR count). The topological polar surface area (TPSA) is 87.7 Å². The van der Waals surface area contributed by atoms with Gasteiger partial charge in [-0.05, 0) is 26.0 Å². The summed E-state index contributed by atoms with van der Waals surface area (Å²) in [5.41, 5.74) is 1.18. The van der Waals surface area contributed by atoms with Crippen molar-refractivity contribution >= 4 is 10.0 Å². The summed E-state index contributed by atoms with van der Waals surface area (Å²) in [7, 11) is -3.58. The standard InChI is InChI=1S/C11H14N4O2S/c1-8(10-5-3-4-6-12-10)15-18(16,17)11-7-13-14-9(11)2/h3-8,15H,1-2H3,(H,13,14). The van der Waals surface area contributed by atoms with Gasteiger partial charge in [0, 0.05) is 6.20 Å². The average molecular weight is 266 g/mol. The van der Waals surface area contributed by atoms with Crippen LogP contribution in [-0.4, -0.2) is 23.6 Å². The van der Waals surface area contributed by atoms with Gasteiger partial charge in [0.05, 0.1) is 23.6 Å². The van der Waals surface area contributed by atoms with E-state index in [2.05, 4.69) is 19.9 Å². The Kier molecular flexibility index (Phi) is 3.44. The maximum absolute atomic E-state index is 12.1. The lowest BCUT2D eigenvalue weighted by Gasteiger charge is -2.13. The average Bonchev–Trinajstić information content (AvgIpc) is 2.77. The SMILES string of the molecule is Cc1[nH]ncc1S(=O)(=O)NC(C)c1ccccn1. The van der Waals surface area contributed by atoms with Crippen molar-refractivity contribution in [2.24, 2.45) is 0 Å². The van der Waals surface area contributed by atoms with Crippen molar-refractivity contribution in [1.82, 2.24) is 19.9 Å². The van der Waals surface area contributed by atoms with Crippen molar-refractivity contribution in [1.29, 1.82) is 0 Å². The molecular weight excluding hydrogens is 252 g/mol. The molecule has 2 heterocycles. The van der Waals surface area contributed by atoms with Crippen LogP contribution >= 0.6 is 0 Å². The van der Waals surface area contributed by atoms with Gasteiger partial charge in [-0.2, -0.15) is 5.10 Å². The van der Waals surface area contributed by atoms with Gasteiger partial charge in [-0.15, -0.1) is 0 Å². The van der Waals surface area contributed by atoms with Crippen molar-refractivity contribution < 1.29 is 8.42 Å². The fourth-order valence-corrected chi connectivity index (χ4v) is 2.95. The molecule has 0 bridgehead atoms. The number of H-pyrrole nitrogens is 1. The summed E-state index contributed by atoms with van der Waals surface area (Å²) in [6, 6.07) is 4.97. The lowest BCUT2D eigenvalue weighted by Crippen LogP contribution is -2.27. The van der Waals surface area contributed by atoms with Crippen LogP contribution in [0, 0.1) is 6.92 Å². The van der Waals surface area contributed by atoms with Gasteiger partial charge in [-0.1, -0.05) is 6.07 Å². The highest BCUT2D eigenvalue weighted by Crippen LogP contribution is 2.16. The van der Waals surface area contributed by atoms with Crippen LogP contribution in [0.1, 0.15) is 24.4 Å². The minimum absolute atomic E-state index is 0.158. The first-order valence-electron chi connectivity index (χ1n) is 5.44. The highest BCUT2D eigenvalue weighted by atomic mass is 32.2. The van der Waals surface area contributed by atoms with Gasteiger partial charge in [0.2, 0.25) is 10.0 Å². The highest BCUT2D eigenvalue weighted by molar-refractivity contribution is 7.89. The lowest BCUT2D eigenvalue weighted by atomic mass is 10.2. The summed E-state index contributed by atoms with van der Waals surface area (Å²) >= 11 is 0. The molecule has 0 aliphatic heterocycles. The molecule has 0 saturated heterocycles. The first-order chi connectivity index (χ1) is 8.50. The quantitative estimate of drug-likeness (QED) is 0.869. The van der Waals surface area contributed by atoms with E-state index < -0.39 is 16.1 Å². The Labute approximate surface area is 106 Å². The molecule has 1 unspecified atom stereocenters. The van der Waals surface area contributed by atoms with E-state index in [4.69, 9.17) is 0 Å². The molecule has 0 aliphatic rings. The molecule has 1 atom stereocenters. The van der Waals surface area contributed by atoms with E-state index in [0.717, 1.165) is 0 Å². The van der Waals surface area contributed by atoms with Crippen molar-refractivity contribution in [3.63, 3.8) is 0 Å². The minimum Gasteiger partial charge on any atom is -0.281 e. The molecule has 96 valence electrons. The van der Waals surface area contributed by atoms with Gasteiger partial charge in [0.15, 0.2) is 0 Å². The number of nitrogens with one attached hydrogen (secondary N) is 2. The summed E-state index contributed by atoms with van der Waals surface area (Å²) in [4.78, 5) is 4.27. The second-order valence-electron chi connectivity index (χ2n) is 3.96. The van der Waals surface area contributed by atoms with Crippen molar-refractivity contribution in [2.75, 3.05) is 0 Å². The van der Waals surface area contributed by atoms with E-state index in [1.165, 1.54) is 6.20 Å². The maximum Gasteiger partial charge on any atom is 0.244 e. The van der Waals surface area contributed by atoms with E-state index in [-0.39, 0.29) is 4.90 Å². The van der Waals surface area contributed by atoms with E-state index in [0.29, 0.717) is 11.4 Å². The Morgan fingerprint density at radius 1 is 1.39 bits per heavy atom. The molecule has 0 aromatic carbocycles. The van der Waals surface area contributed by atoms with Crippen LogP contribution in [0.15, 0.2) is 35.5 Å². The Hall–Kier alpha value is -1.73. The number of nitrogens with zero attached hydrogens (tertiary/aromatic N) is 2. The first-order valence-corrected chi connectivity index (χ1v) is 6.92. The third kappa shape index (κ3) is 2.57. The molecule has 0 saturated carbocycles. The summed E-state index contributed by atoms with van der Waals surface area (Å²) < 4.78 is 26.8. The summed E-state index contributed by atoms with van der Waals surface area (Å²) in [6.07, 6.45) is 2.92. The lowest BCUT2D eigenvalue weighted by molar-refractivity contribution is 0.563. The molecule has 7 heteroatoms. The number of rotatable bonds is 4. The fourth-order valence-electron chi connectivity index (χ4n) is 1.60. The van der Waals surface area contributed by atoms with Crippen molar-refractivity contribution in [3.8, 4) is 0 Å². The van der Waals surface area contributed by atoms with Gasteiger partial charge in [0.1, 0.15) is 4.90 Å². The Morgan fingerprint density at radius 3 is 2.72 bits per heavy atom. The molecule has 0 fully saturated rings. The molecule has 0 spiro atoms. The predicted molar refractivity (Wildman–Crippen MR) is 66.3 cm³/mol. The Balaban J connectivity index is 2.22. The highest BCUT2D eigenvalue weighted by Gasteiger charge is 2.21. The van der Waals surface area contributed by atoms with Crippen molar-refractivity contribution in [3.05, 3.63) is 42.0 Å². The minimum atomic E-state index is -3.58. The number of aromatic nitrogens is 3. The number of sulfonamides is 1. The second-order valence-corrected chi connectivity index (χ2v) is 5.64. The zero-order valence-corrected chi connectivity index (χ0v) is 10.9. The van der Waals surface area contributed by atoms with E-state index in [1.807, 2.05) is 6.07 Å². The zero-order chi connectivity index (χ0) is 13.2. The normalized spacial score (nSPS) is 13.4. The van der Waals surface area contributed by atoms with Crippen LogP contribution in [0.25, 0.3) is 0 Å². The third-order valence-corrected chi connectivity index (χ3v) is 4.19. The number of hydrogen-bond donors (Lipinski definition) is 2. The smallest absolute Gasteiger partial charge is 0.244 e. The summed E-state index contributed by atoms with van der Waals surface area (Å²) in [5.74, 6) is 0. The van der Waals surface area contributed by atoms with Gasteiger partial charge in [-0.3, -0.25) is 10.1 Å². The first kappa shape index (κ1) is 12.7. The largest absolute Gasteiger partial charge is 0.281 e. The van der Waals surface area contributed by atoms with Crippen LogP contribution in [0.5, 0.6) is 0 Å². The monoisotopic (exact) mass is 266 g/mol. The van der Waals surface area contributed by atoms with Crippen LogP contribution < -0.4 is 4.72 Å². The van der Waals surface area contributed by atoms with Crippen molar-refractivity contribution in [2.45, 2.75) is 24.8 Å². The van der Waals surface area contributed by atoms with E-state index >= 15 is 0 Å². The molecule has 18 heavy (non-hydrogen) atoms. The maximum atomic E-state index is 12.1. The second kappa shape index (κ2) is 4.87. The van der Waals surface area contributed by atoms with Crippen LogP contribution in [0.3, 0.4) is 0 Å². The number of aryl methyl sites for hydroxylation is 1. The molecule has 2 aromatic rings. The third-order valence-electron chi connectivity index (χ3n) is 2.54. The zero-order valence-electron chi connectivity index (χ0n) is 10.1. The molecule has 0 radical (unpaired) electrons. The number of pyridine rings is 1. The van der Waals surface area contributed by atoms with Gasteiger partial charge in [0.25, 0.3) is 0 Å². The van der Waals surface area contributed by atoms with E-state index in [9.17, 15) is 8.42 Å². The number of hydrogen-bond acceptors (Lipinski definition) is 4. The fraction of sp³-hybridized carbons (Fsp3) is 0.273. The summed E-state index contributed by atoms with van der Waals surface area (Å²) in [6.45, 7) is 3.41. The van der Waals surface area contributed by atoms with Crippen LogP contribution in [0.2, 0.25) is 0 Å². The van der Waals surface area contributed by atoms with Crippen LogP contribution in [-0.2, 0) is 10.0 Å². The van der Waals surface area contributed by atoms with Crippen LogP contribution in [0.4, 0.5) is 0 Å². The molecule has 0 amide bonds.